The summed E-state index contributed by atoms with van der Waals surface area (Å²) in [5.74, 6) is 1.56. The van der Waals surface area contributed by atoms with Gasteiger partial charge in [-0.1, -0.05) is 23.4 Å². The third-order valence-electron chi connectivity index (χ3n) is 2.75. The summed E-state index contributed by atoms with van der Waals surface area (Å²) >= 11 is 0. The molecule has 1 N–H and O–H groups in total. The van der Waals surface area contributed by atoms with Crippen LogP contribution in [0.4, 0.5) is 0 Å². The normalized spacial score (nSPS) is 19.8. The lowest BCUT2D eigenvalue weighted by atomic mass is 10.1. The third-order valence-corrected chi connectivity index (χ3v) is 2.75. The fourth-order valence-corrected chi connectivity index (χ4v) is 1.87. The van der Waals surface area contributed by atoms with E-state index in [1.165, 1.54) is 0 Å². The van der Waals surface area contributed by atoms with E-state index in [9.17, 15) is 5.11 Å². The zero-order valence-electron chi connectivity index (χ0n) is 9.33. The maximum absolute atomic E-state index is 9.33. The van der Waals surface area contributed by atoms with Crippen molar-refractivity contribution in [1.29, 1.82) is 0 Å². The largest absolute Gasteiger partial charge is 0.480 e. The van der Waals surface area contributed by atoms with Crippen molar-refractivity contribution >= 4 is 0 Å². The highest BCUT2D eigenvalue weighted by Gasteiger charge is 2.29. The van der Waals surface area contributed by atoms with Crippen molar-refractivity contribution in [3.05, 3.63) is 41.5 Å². The molecule has 0 aliphatic carbocycles. The molecule has 0 radical (unpaired) electrons. The Bertz CT molecular complexity index is 511. The number of benzene rings is 1. The van der Waals surface area contributed by atoms with Gasteiger partial charge in [0.1, 0.15) is 11.9 Å². The van der Waals surface area contributed by atoms with Crippen molar-refractivity contribution in [3.8, 4) is 5.75 Å². The molecule has 2 heterocycles. The summed E-state index contributed by atoms with van der Waals surface area (Å²) in [5.41, 5.74) is 1.13. The number of aliphatic hydroxyl groups is 1. The molecule has 1 aliphatic rings. The van der Waals surface area contributed by atoms with Crippen molar-refractivity contribution in [3.63, 3.8) is 0 Å². The number of ether oxygens (including phenoxy) is 1. The number of hydrogen-bond acceptors (Lipinski definition) is 5. The Morgan fingerprint density at radius 2 is 2.24 bits per heavy atom. The Balaban J connectivity index is 1.84. The standard InChI is InChI=1S/C12H12N2O3/c1-7(15)11-13-12(17-14-11)10-6-8-4-2-3-5-9(8)16-10/h2-5,7,10,15H,6H2,1H3. The average Bonchev–Trinajstić information content (AvgIpc) is 2.95. The van der Waals surface area contributed by atoms with Crippen molar-refractivity contribution in [2.24, 2.45) is 0 Å². The molecule has 2 aromatic rings. The molecule has 17 heavy (non-hydrogen) atoms. The van der Waals surface area contributed by atoms with Gasteiger partial charge in [-0.05, 0) is 18.6 Å². The number of hydrogen-bond donors (Lipinski definition) is 1. The molecule has 1 aromatic heterocycles. The molecule has 2 atom stereocenters. The molecule has 1 aliphatic heterocycles. The molecule has 3 rings (SSSR count). The van der Waals surface area contributed by atoms with Crippen LogP contribution >= 0.6 is 0 Å². The van der Waals surface area contributed by atoms with Gasteiger partial charge in [-0.3, -0.25) is 0 Å². The molecule has 0 saturated carbocycles. The summed E-state index contributed by atoms with van der Waals surface area (Å²) in [6.45, 7) is 1.60. The van der Waals surface area contributed by atoms with Crippen LogP contribution in [0, 0.1) is 0 Å². The summed E-state index contributed by atoms with van der Waals surface area (Å²) in [4.78, 5) is 4.12. The van der Waals surface area contributed by atoms with Crippen LogP contribution in [0.25, 0.3) is 0 Å². The van der Waals surface area contributed by atoms with Gasteiger partial charge < -0.3 is 14.4 Å². The number of aromatic nitrogens is 2. The maximum Gasteiger partial charge on any atom is 0.268 e. The Morgan fingerprint density at radius 1 is 1.41 bits per heavy atom. The number of rotatable bonds is 2. The van der Waals surface area contributed by atoms with Crippen LogP contribution in [0.3, 0.4) is 0 Å². The first-order chi connectivity index (χ1) is 8.24. The fraction of sp³-hybridized carbons (Fsp3) is 0.333. The van der Waals surface area contributed by atoms with Gasteiger partial charge in [0, 0.05) is 6.42 Å². The highest BCUT2D eigenvalue weighted by molar-refractivity contribution is 5.37. The minimum absolute atomic E-state index is 0.243. The first kappa shape index (κ1) is 10.3. The van der Waals surface area contributed by atoms with Gasteiger partial charge in [-0.25, -0.2) is 0 Å². The lowest BCUT2D eigenvalue weighted by Gasteiger charge is -2.04. The van der Waals surface area contributed by atoms with Crippen molar-refractivity contribution in [2.45, 2.75) is 25.6 Å². The Kier molecular flexibility index (Phi) is 2.33. The van der Waals surface area contributed by atoms with Gasteiger partial charge in [0.2, 0.25) is 0 Å². The first-order valence-corrected chi connectivity index (χ1v) is 5.50. The summed E-state index contributed by atoms with van der Waals surface area (Å²) in [6, 6.07) is 7.83. The van der Waals surface area contributed by atoms with Crippen LogP contribution in [0.2, 0.25) is 0 Å². The van der Waals surface area contributed by atoms with Gasteiger partial charge in [-0.15, -0.1) is 0 Å². The SMILES string of the molecule is CC(O)c1noc(C2Cc3ccccc3O2)n1. The van der Waals surface area contributed by atoms with Crippen molar-refractivity contribution < 1.29 is 14.4 Å². The number of para-hydroxylation sites is 1. The molecule has 0 amide bonds. The predicted octanol–water partition coefficient (Wildman–Crippen LogP) is 1.80. The van der Waals surface area contributed by atoms with E-state index >= 15 is 0 Å². The van der Waals surface area contributed by atoms with E-state index in [1.807, 2.05) is 24.3 Å². The molecular weight excluding hydrogens is 220 g/mol. The quantitative estimate of drug-likeness (QED) is 0.855. The third kappa shape index (κ3) is 1.78. The topological polar surface area (TPSA) is 68.4 Å². The Morgan fingerprint density at radius 3 is 2.94 bits per heavy atom. The van der Waals surface area contributed by atoms with Crippen molar-refractivity contribution in [1.82, 2.24) is 10.1 Å². The molecule has 1 aromatic carbocycles. The number of aliphatic hydroxyl groups excluding tert-OH is 1. The minimum atomic E-state index is -0.726. The van der Waals surface area contributed by atoms with Gasteiger partial charge in [0.15, 0.2) is 11.9 Å². The number of nitrogens with zero attached hydrogens (tertiary/aromatic N) is 2. The van der Waals surface area contributed by atoms with E-state index in [1.54, 1.807) is 6.92 Å². The maximum atomic E-state index is 9.33. The fourth-order valence-electron chi connectivity index (χ4n) is 1.87. The molecular formula is C12H12N2O3. The molecule has 0 spiro atoms. The Labute approximate surface area is 98.0 Å². The molecule has 5 heteroatoms. The van der Waals surface area contributed by atoms with E-state index in [0.717, 1.165) is 17.7 Å². The van der Waals surface area contributed by atoms with Crippen LogP contribution in [-0.4, -0.2) is 15.2 Å². The molecule has 0 fully saturated rings. The average molecular weight is 232 g/mol. The first-order valence-electron chi connectivity index (χ1n) is 5.50. The molecule has 2 unspecified atom stereocenters. The molecule has 5 nitrogen and oxygen atoms in total. The molecule has 0 saturated heterocycles. The smallest absolute Gasteiger partial charge is 0.268 e. The summed E-state index contributed by atoms with van der Waals surface area (Å²) < 4.78 is 10.8. The highest BCUT2D eigenvalue weighted by atomic mass is 16.5. The minimum Gasteiger partial charge on any atom is -0.480 e. The van der Waals surface area contributed by atoms with Gasteiger partial charge in [0.05, 0.1) is 0 Å². The highest BCUT2D eigenvalue weighted by Crippen LogP contribution is 2.35. The van der Waals surface area contributed by atoms with Crippen LogP contribution in [0.15, 0.2) is 28.8 Å². The summed E-state index contributed by atoms with van der Waals surface area (Å²) in [7, 11) is 0. The summed E-state index contributed by atoms with van der Waals surface area (Å²) in [6.07, 6.45) is -0.249. The van der Waals surface area contributed by atoms with Crippen LogP contribution in [-0.2, 0) is 6.42 Å². The van der Waals surface area contributed by atoms with Gasteiger partial charge in [0.25, 0.3) is 5.89 Å². The zero-order valence-corrected chi connectivity index (χ0v) is 9.33. The second-order valence-electron chi connectivity index (χ2n) is 4.09. The Hall–Kier alpha value is -1.88. The van der Waals surface area contributed by atoms with E-state index in [2.05, 4.69) is 10.1 Å². The predicted molar refractivity (Wildman–Crippen MR) is 58.4 cm³/mol. The monoisotopic (exact) mass is 232 g/mol. The second kappa shape index (κ2) is 3.85. The van der Waals surface area contributed by atoms with Crippen LogP contribution < -0.4 is 4.74 Å². The summed E-state index contributed by atoms with van der Waals surface area (Å²) in [5, 5.41) is 13.0. The molecule has 0 bridgehead atoms. The van der Waals surface area contributed by atoms with Gasteiger partial charge >= 0.3 is 0 Å². The van der Waals surface area contributed by atoms with Crippen molar-refractivity contribution in [2.75, 3.05) is 0 Å². The number of fused-ring (bicyclic) bond motifs is 1. The van der Waals surface area contributed by atoms with E-state index in [4.69, 9.17) is 9.26 Å². The van der Waals surface area contributed by atoms with E-state index < -0.39 is 6.10 Å². The lowest BCUT2D eigenvalue weighted by molar-refractivity contribution is 0.176. The lowest BCUT2D eigenvalue weighted by Crippen LogP contribution is -2.04. The zero-order chi connectivity index (χ0) is 11.8. The van der Waals surface area contributed by atoms with Crippen LogP contribution in [0.1, 0.15) is 36.4 Å². The second-order valence-corrected chi connectivity index (χ2v) is 4.09. The van der Waals surface area contributed by atoms with Gasteiger partial charge in [-0.2, -0.15) is 4.98 Å². The molecule has 88 valence electrons. The van der Waals surface area contributed by atoms with Crippen LogP contribution in [0.5, 0.6) is 5.75 Å². The van der Waals surface area contributed by atoms with E-state index in [0.29, 0.717) is 11.7 Å². The van der Waals surface area contributed by atoms with E-state index in [-0.39, 0.29) is 6.10 Å².